The van der Waals surface area contributed by atoms with Gasteiger partial charge in [-0.05, 0) is 57.3 Å². The van der Waals surface area contributed by atoms with E-state index >= 15 is 0 Å². The van der Waals surface area contributed by atoms with E-state index in [1.807, 2.05) is 0 Å². The SMILES string of the molecule is CCCCCC/C=C\C=C/CCCCCCCC(=O)O[C@H](COC(=O)CCCCCCCCCCCCC)COP(=O)(O)OC[C@@H](O)COP(=O)(O)OC[C@@H](COC(=O)CCCCCCC)OC(=O)CCCCCCCCC(C)C. The zero-order valence-corrected chi connectivity index (χ0v) is 52.5. The van der Waals surface area contributed by atoms with E-state index in [9.17, 15) is 43.2 Å². The second-order valence-corrected chi connectivity index (χ2v) is 24.8. The smallest absolute Gasteiger partial charge is 0.462 e. The van der Waals surface area contributed by atoms with Crippen molar-refractivity contribution in [2.75, 3.05) is 39.6 Å². The number of aliphatic hydroxyl groups excluding tert-OH is 1. The number of allylic oxidation sites excluding steroid dienone is 4. The summed E-state index contributed by atoms with van der Waals surface area (Å²) in [7, 11) is -9.88. The van der Waals surface area contributed by atoms with Crippen molar-refractivity contribution in [3.05, 3.63) is 24.3 Å². The summed E-state index contributed by atoms with van der Waals surface area (Å²) in [5.41, 5.74) is 0. The third-order valence-corrected chi connectivity index (χ3v) is 15.3. The molecule has 0 aromatic carbocycles. The molecule has 0 aliphatic carbocycles. The monoisotopic (exact) mass is 1180 g/mol. The van der Waals surface area contributed by atoms with E-state index in [4.69, 9.17) is 37.0 Å². The zero-order valence-electron chi connectivity index (χ0n) is 50.7. The van der Waals surface area contributed by atoms with Crippen LogP contribution in [0.4, 0.5) is 0 Å². The first-order valence-electron chi connectivity index (χ1n) is 31.5. The van der Waals surface area contributed by atoms with Gasteiger partial charge in [0.25, 0.3) is 0 Å². The quantitative estimate of drug-likeness (QED) is 0.0169. The standard InChI is InChI=1S/C61H114O17P2/c1-6-9-12-15-17-19-21-22-23-24-26-28-30-36-41-46-60(65)77-57(51-72-59(64)45-40-35-29-27-25-20-18-16-13-10-7-2)53-76-80(69,70)74-49-55(62)48-73-79(67,68)75-52-56(50-71-58(63)44-39-33-14-11-8-3)78-61(66)47-42-37-32-31-34-38-43-54(4)5/h19,21-23,54-57,62H,6-18,20,24-53H2,1-5H3,(H,67,68)(H,69,70)/b21-19-,23-22-/t55-,56+,57+/m0/s1. The van der Waals surface area contributed by atoms with E-state index in [0.29, 0.717) is 31.6 Å². The van der Waals surface area contributed by atoms with Gasteiger partial charge in [-0.1, -0.05) is 226 Å². The lowest BCUT2D eigenvalue weighted by Gasteiger charge is -2.21. The Balaban J connectivity index is 5.22. The molecular weight excluding hydrogens is 1070 g/mol. The van der Waals surface area contributed by atoms with Gasteiger partial charge < -0.3 is 33.8 Å². The minimum atomic E-state index is -4.95. The predicted octanol–water partition coefficient (Wildman–Crippen LogP) is 16.2. The third-order valence-electron chi connectivity index (χ3n) is 13.4. The molecule has 0 saturated carbocycles. The molecule has 19 heteroatoms. The van der Waals surface area contributed by atoms with Gasteiger partial charge in [-0.15, -0.1) is 0 Å². The first-order valence-corrected chi connectivity index (χ1v) is 34.4. The number of rotatable bonds is 59. The van der Waals surface area contributed by atoms with E-state index in [-0.39, 0.29) is 25.7 Å². The highest BCUT2D eigenvalue weighted by Crippen LogP contribution is 2.45. The lowest BCUT2D eigenvalue weighted by Crippen LogP contribution is -2.30. The lowest BCUT2D eigenvalue weighted by molar-refractivity contribution is -0.161. The molecule has 0 fully saturated rings. The van der Waals surface area contributed by atoms with Crippen LogP contribution < -0.4 is 0 Å². The van der Waals surface area contributed by atoms with Crippen molar-refractivity contribution in [1.29, 1.82) is 0 Å². The van der Waals surface area contributed by atoms with Crippen LogP contribution in [0.25, 0.3) is 0 Å². The normalized spacial score (nSPS) is 14.5. The number of aliphatic hydroxyl groups is 1. The highest BCUT2D eigenvalue weighted by Gasteiger charge is 2.30. The van der Waals surface area contributed by atoms with E-state index in [2.05, 4.69) is 58.9 Å². The molecule has 2 unspecified atom stereocenters. The Morgan fingerprint density at radius 3 is 1.02 bits per heavy atom. The van der Waals surface area contributed by atoms with E-state index < -0.39 is 97.5 Å². The minimum absolute atomic E-state index is 0.0848. The van der Waals surface area contributed by atoms with Gasteiger partial charge in [0, 0.05) is 25.7 Å². The molecule has 17 nitrogen and oxygen atoms in total. The maximum Gasteiger partial charge on any atom is 0.472 e. The lowest BCUT2D eigenvalue weighted by atomic mass is 10.0. The second kappa shape index (κ2) is 54.5. The molecule has 0 rings (SSSR count). The number of phosphoric ester groups is 2. The number of unbranched alkanes of at least 4 members (excludes halogenated alkanes) is 28. The van der Waals surface area contributed by atoms with E-state index in [1.54, 1.807) is 0 Å². The fraction of sp³-hybridized carbons (Fsp3) is 0.869. The van der Waals surface area contributed by atoms with Gasteiger partial charge in [-0.2, -0.15) is 0 Å². The highest BCUT2D eigenvalue weighted by molar-refractivity contribution is 7.47. The van der Waals surface area contributed by atoms with Crippen molar-refractivity contribution < 1.29 is 80.2 Å². The molecule has 0 bridgehead atoms. The van der Waals surface area contributed by atoms with Gasteiger partial charge in [-0.25, -0.2) is 9.13 Å². The molecule has 0 aromatic rings. The molecule has 80 heavy (non-hydrogen) atoms. The topological polar surface area (TPSA) is 237 Å². The summed E-state index contributed by atoms with van der Waals surface area (Å²) in [5.74, 6) is -1.51. The van der Waals surface area contributed by atoms with Crippen LogP contribution in [0.2, 0.25) is 0 Å². The summed E-state index contributed by atoms with van der Waals surface area (Å²) >= 11 is 0. The van der Waals surface area contributed by atoms with Crippen molar-refractivity contribution >= 4 is 39.5 Å². The number of esters is 4. The van der Waals surface area contributed by atoms with E-state index in [0.717, 1.165) is 109 Å². The van der Waals surface area contributed by atoms with Gasteiger partial charge in [0.2, 0.25) is 0 Å². The number of phosphoric acid groups is 2. The molecule has 470 valence electrons. The van der Waals surface area contributed by atoms with Crippen LogP contribution in [-0.4, -0.2) is 96.7 Å². The molecule has 0 spiro atoms. The highest BCUT2D eigenvalue weighted by atomic mass is 31.2. The molecule has 5 atom stereocenters. The number of hydrogen-bond acceptors (Lipinski definition) is 15. The van der Waals surface area contributed by atoms with Gasteiger partial charge in [0.05, 0.1) is 26.4 Å². The average molecular weight is 1180 g/mol. The Bertz CT molecular complexity index is 1660. The number of hydrogen-bond donors (Lipinski definition) is 3. The van der Waals surface area contributed by atoms with Gasteiger partial charge in [0.1, 0.15) is 19.3 Å². The van der Waals surface area contributed by atoms with Crippen LogP contribution in [0.1, 0.15) is 279 Å². The van der Waals surface area contributed by atoms with Crippen molar-refractivity contribution in [3.63, 3.8) is 0 Å². The third kappa shape index (κ3) is 54.8. The fourth-order valence-electron chi connectivity index (χ4n) is 8.51. The second-order valence-electron chi connectivity index (χ2n) is 21.9. The Hall–Kier alpha value is -2.46. The average Bonchev–Trinajstić information content (AvgIpc) is 3.42. The van der Waals surface area contributed by atoms with Crippen LogP contribution in [0.3, 0.4) is 0 Å². The molecule has 3 N–H and O–H groups in total. The molecule has 0 saturated heterocycles. The summed E-state index contributed by atoms with van der Waals surface area (Å²) in [6, 6.07) is 0. The molecule has 0 aromatic heterocycles. The Morgan fingerprint density at radius 2 is 0.675 bits per heavy atom. The van der Waals surface area contributed by atoms with Crippen LogP contribution in [0, 0.1) is 5.92 Å². The minimum Gasteiger partial charge on any atom is -0.462 e. The Labute approximate surface area is 484 Å². The molecule has 0 aliphatic rings. The molecule has 0 aliphatic heterocycles. The van der Waals surface area contributed by atoms with Crippen molar-refractivity contribution in [2.24, 2.45) is 5.92 Å². The summed E-state index contributed by atoms with van der Waals surface area (Å²) in [6.45, 7) is 6.91. The molecular formula is C61H114O17P2. The Morgan fingerprint density at radius 1 is 0.388 bits per heavy atom. The number of carbonyl (C=O) groups is 4. The molecule has 0 amide bonds. The van der Waals surface area contributed by atoms with Crippen LogP contribution in [0.15, 0.2) is 24.3 Å². The van der Waals surface area contributed by atoms with Crippen molar-refractivity contribution in [2.45, 2.75) is 297 Å². The van der Waals surface area contributed by atoms with Crippen LogP contribution in [0.5, 0.6) is 0 Å². The maximum atomic E-state index is 12.9. The van der Waals surface area contributed by atoms with Crippen LogP contribution in [-0.2, 0) is 65.4 Å². The van der Waals surface area contributed by atoms with Crippen molar-refractivity contribution in [3.8, 4) is 0 Å². The van der Waals surface area contributed by atoms with Gasteiger partial charge in [-0.3, -0.25) is 37.3 Å². The summed E-state index contributed by atoms with van der Waals surface area (Å²) in [6.07, 6.45) is 40.3. The number of carbonyl (C=O) groups excluding carboxylic acids is 4. The van der Waals surface area contributed by atoms with Crippen LogP contribution >= 0.6 is 15.6 Å². The molecule has 0 radical (unpaired) electrons. The zero-order chi connectivity index (χ0) is 59.2. The summed E-state index contributed by atoms with van der Waals surface area (Å²) in [5, 5.41) is 10.5. The summed E-state index contributed by atoms with van der Waals surface area (Å²) < 4.78 is 67.6. The van der Waals surface area contributed by atoms with Gasteiger partial charge >= 0.3 is 39.5 Å². The largest absolute Gasteiger partial charge is 0.472 e. The maximum absolute atomic E-state index is 12.9. The van der Waals surface area contributed by atoms with E-state index in [1.165, 1.54) is 83.5 Å². The summed E-state index contributed by atoms with van der Waals surface area (Å²) in [4.78, 5) is 71.7. The Kier molecular flexibility index (Phi) is 52.8. The fourth-order valence-corrected chi connectivity index (χ4v) is 10.1. The molecule has 0 heterocycles. The van der Waals surface area contributed by atoms with Crippen molar-refractivity contribution in [1.82, 2.24) is 0 Å². The predicted molar refractivity (Wildman–Crippen MR) is 317 cm³/mol. The number of ether oxygens (including phenoxy) is 4. The first-order chi connectivity index (χ1) is 38.5. The van der Waals surface area contributed by atoms with Gasteiger partial charge in [0.15, 0.2) is 12.2 Å². The first kappa shape index (κ1) is 77.5.